The molecule has 2 nitrogen and oxygen atoms in total. The molecular formula is C9H12O2S. The molecule has 0 spiro atoms. The summed E-state index contributed by atoms with van der Waals surface area (Å²) in [6.07, 6.45) is 0. The molecule has 0 bridgehead atoms. The zero-order valence-electron chi connectivity index (χ0n) is 6.90. The number of benzene rings is 1. The van der Waals surface area contributed by atoms with Crippen LogP contribution in [0.3, 0.4) is 0 Å². The van der Waals surface area contributed by atoms with Crippen molar-refractivity contribution < 1.29 is 9.84 Å². The molecule has 0 saturated heterocycles. The second-order valence-electron chi connectivity index (χ2n) is 2.71. The Morgan fingerprint density at radius 2 is 2.00 bits per heavy atom. The van der Waals surface area contributed by atoms with Gasteiger partial charge in [0.1, 0.15) is 0 Å². The van der Waals surface area contributed by atoms with Crippen LogP contribution in [-0.2, 0) is 11.3 Å². The van der Waals surface area contributed by atoms with Gasteiger partial charge in [-0.1, -0.05) is 30.3 Å². The van der Waals surface area contributed by atoms with Gasteiger partial charge in [0.05, 0.1) is 6.61 Å². The van der Waals surface area contributed by atoms with E-state index in [0.717, 1.165) is 5.56 Å². The molecule has 0 amide bonds. The number of rotatable bonds is 3. The molecular weight excluding hydrogens is 172 g/mol. The fraction of sp³-hybridized carbons (Fsp3) is 0.333. The first kappa shape index (κ1) is 9.58. The highest BCUT2D eigenvalue weighted by Crippen LogP contribution is 2.13. The molecule has 0 aromatic heterocycles. The van der Waals surface area contributed by atoms with E-state index in [1.807, 2.05) is 30.3 Å². The Morgan fingerprint density at radius 1 is 1.42 bits per heavy atom. The molecule has 1 unspecified atom stereocenters. The Kier molecular flexibility index (Phi) is 3.14. The second-order valence-corrected chi connectivity index (χ2v) is 3.54. The van der Waals surface area contributed by atoms with Gasteiger partial charge in [-0.15, -0.1) is 12.6 Å². The second kappa shape index (κ2) is 3.94. The third kappa shape index (κ3) is 3.76. The largest absolute Gasteiger partial charge is 0.358 e. The molecule has 12 heavy (non-hydrogen) atoms. The molecule has 0 aliphatic carbocycles. The van der Waals surface area contributed by atoms with Crippen molar-refractivity contribution in [2.75, 3.05) is 0 Å². The van der Waals surface area contributed by atoms with E-state index in [2.05, 4.69) is 12.6 Å². The Bertz CT molecular complexity index is 228. The fourth-order valence-electron chi connectivity index (χ4n) is 0.794. The summed E-state index contributed by atoms with van der Waals surface area (Å²) in [7, 11) is 0. The number of thiol groups is 1. The Morgan fingerprint density at radius 3 is 2.50 bits per heavy atom. The number of ether oxygens (including phenoxy) is 1. The maximum absolute atomic E-state index is 9.12. The van der Waals surface area contributed by atoms with Crippen LogP contribution in [0.25, 0.3) is 0 Å². The minimum absolute atomic E-state index is 0.372. The quantitative estimate of drug-likeness (QED) is 0.554. The fourth-order valence-corrected chi connectivity index (χ4v) is 0.859. The van der Waals surface area contributed by atoms with Crippen molar-refractivity contribution in [3.8, 4) is 0 Å². The van der Waals surface area contributed by atoms with Crippen LogP contribution in [0.2, 0.25) is 0 Å². The number of hydrogen-bond donors (Lipinski definition) is 2. The van der Waals surface area contributed by atoms with Gasteiger partial charge < -0.3 is 9.84 Å². The summed E-state index contributed by atoms with van der Waals surface area (Å²) < 4.78 is 5.04. The summed E-state index contributed by atoms with van der Waals surface area (Å²) in [5, 5.41) is 7.77. The van der Waals surface area contributed by atoms with Crippen LogP contribution in [0.1, 0.15) is 12.5 Å². The van der Waals surface area contributed by atoms with Crippen molar-refractivity contribution in [2.45, 2.75) is 18.6 Å². The van der Waals surface area contributed by atoms with Crippen molar-refractivity contribution in [1.29, 1.82) is 0 Å². The van der Waals surface area contributed by atoms with Crippen LogP contribution in [0, 0.1) is 0 Å². The normalized spacial score (nSPS) is 15.6. The summed E-state index contributed by atoms with van der Waals surface area (Å²) in [6, 6.07) is 9.64. The van der Waals surface area contributed by atoms with Gasteiger partial charge in [-0.25, -0.2) is 0 Å². The molecule has 66 valence electrons. The van der Waals surface area contributed by atoms with Gasteiger partial charge in [0.2, 0.25) is 5.12 Å². The predicted molar refractivity (Wildman–Crippen MR) is 50.8 cm³/mol. The lowest BCUT2D eigenvalue weighted by molar-refractivity contribution is -0.123. The number of hydrogen-bond acceptors (Lipinski definition) is 3. The van der Waals surface area contributed by atoms with Gasteiger partial charge in [0.25, 0.3) is 0 Å². The van der Waals surface area contributed by atoms with E-state index in [1.54, 1.807) is 0 Å². The van der Waals surface area contributed by atoms with E-state index in [0.29, 0.717) is 6.61 Å². The highest BCUT2D eigenvalue weighted by atomic mass is 32.1. The van der Waals surface area contributed by atoms with Gasteiger partial charge in [-0.05, 0) is 12.5 Å². The maximum atomic E-state index is 9.12. The first-order valence-corrected chi connectivity index (χ1v) is 4.15. The molecule has 0 aliphatic heterocycles. The zero-order chi connectivity index (χ0) is 9.03. The molecule has 0 saturated carbocycles. The molecule has 0 aliphatic rings. The van der Waals surface area contributed by atoms with Crippen molar-refractivity contribution in [3.05, 3.63) is 35.9 Å². The molecule has 1 aromatic rings. The summed E-state index contributed by atoms with van der Waals surface area (Å²) in [6.45, 7) is 1.86. The van der Waals surface area contributed by atoms with Gasteiger partial charge in [0, 0.05) is 0 Å². The van der Waals surface area contributed by atoms with Crippen molar-refractivity contribution in [3.63, 3.8) is 0 Å². The van der Waals surface area contributed by atoms with E-state index in [-0.39, 0.29) is 0 Å². The van der Waals surface area contributed by atoms with Crippen molar-refractivity contribution in [2.24, 2.45) is 0 Å². The van der Waals surface area contributed by atoms with Crippen molar-refractivity contribution >= 4 is 12.6 Å². The maximum Gasteiger partial charge on any atom is 0.210 e. The van der Waals surface area contributed by atoms with Gasteiger partial charge in [0.15, 0.2) is 0 Å². The van der Waals surface area contributed by atoms with Gasteiger partial charge in [-0.2, -0.15) is 0 Å². The van der Waals surface area contributed by atoms with Gasteiger partial charge in [-0.3, -0.25) is 0 Å². The summed E-state index contributed by atoms with van der Waals surface area (Å²) in [4.78, 5) is 0. The minimum atomic E-state index is -1.35. The highest BCUT2D eigenvalue weighted by molar-refractivity contribution is 7.81. The molecule has 0 radical (unpaired) electrons. The topological polar surface area (TPSA) is 29.5 Å². The summed E-state index contributed by atoms with van der Waals surface area (Å²) >= 11 is 3.82. The van der Waals surface area contributed by atoms with Gasteiger partial charge >= 0.3 is 0 Å². The standard InChI is InChI=1S/C9H12O2S/c1-9(10,12)11-7-8-5-3-2-4-6-8/h2-6,10,12H,7H2,1H3. The lowest BCUT2D eigenvalue weighted by Gasteiger charge is -2.16. The van der Waals surface area contributed by atoms with E-state index >= 15 is 0 Å². The number of aliphatic hydroxyl groups is 1. The molecule has 1 atom stereocenters. The summed E-state index contributed by atoms with van der Waals surface area (Å²) in [5.74, 6) is 0. The van der Waals surface area contributed by atoms with E-state index in [9.17, 15) is 0 Å². The Labute approximate surface area is 77.6 Å². The minimum Gasteiger partial charge on any atom is -0.358 e. The van der Waals surface area contributed by atoms with Crippen LogP contribution < -0.4 is 0 Å². The van der Waals surface area contributed by atoms with Crippen LogP contribution in [0.5, 0.6) is 0 Å². The van der Waals surface area contributed by atoms with Crippen molar-refractivity contribution in [1.82, 2.24) is 0 Å². The Hall–Kier alpha value is -0.510. The third-order valence-electron chi connectivity index (χ3n) is 1.36. The molecule has 1 rings (SSSR count). The SMILES string of the molecule is CC(O)(S)OCc1ccccc1. The molecule has 3 heteroatoms. The lowest BCUT2D eigenvalue weighted by Crippen LogP contribution is -2.19. The zero-order valence-corrected chi connectivity index (χ0v) is 7.79. The lowest BCUT2D eigenvalue weighted by atomic mass is 10.2. The smallest absolute Gasteiger partial charge is 0.210 e. The third-order valence-corrected chi connectivity index (χ3v) is 1.48. The van der Waals surface area contributed by atoms with Crippen LogP contribution >= 0.6 is 12.6 Å². The highest BCUT2D eigenvalue weighted by Gasteiger charge is 2.12. The first-order chi connectivity index (χ1) is 5.58. The molecule has 1 aromatic carbocycles. The average molecular weight is 184 g/mol. The van der Waals surface area contributed by atoms with E-state index in [4.69, 9.17) is 9.84 Å². The first-order valence-electron chi connectivity index (χ1n) is 3.70. The average Bonchev–Trinajstić information content (AvgIpc) is 2.02. The molecule has 1 N–H and O–H groups in total. The van der Waals surface area contributed by atoms with E-state index < -0.39 is 5.12 Å². The van der Waals surface area contributed by atoms with Crippen LogP contribution in [0.4, 0.5) is 0 Å². The van der Waals surface area contributed by atoms with E-state index in [1.165, 1.54) is 6.92 Å². The summed E-state index contributed by atoms with van der Waals surface area (Å²) in [5.41, 5.74) is 1.02. The van der Waals surface area contributed by atoms with Crippen LogP contribution in [0.15, 0.2) is 30.3 Å². The molecule has 0 heterocycles. The Balaban J connectivity index is 2.44. The monoisotopic (exact) mass is 184 g/mol. The molecule has 0 fully saturated rings. The van der Waals surface area contributed by atoms with Crippen LogP contribution in [-0.4, -0.2) is 10.2 Å². The predicted octanol–water partition coefficient (Wildman–Crippen LogP) is 1.80.